The van der Waals surface area contributed by atoms with Crippen LogP contribution in [-0.4, -0.2) is 42.9 Å². The number of rotatable bonds is 5. The molecule has 4 rings (SSSR count). The van der Waals surface area contributed by atoms with Gasteiger partial charge in [-0.3, -0.25) is 9.59 Å². The van der Waals surface area contributed by atoms with Gasteiger partial charge in [-0.15, -0.1) is 0 Å². The standard InChI is InChI=1S/C20H27N3O2/c21-19(24)8-7-14-3-1-6-18(9-14)22-10-16-12-23(13-17(16)11-22)20(25)15-4-2-5-15/h1,3,6,9,15-17H,2,4-5,7-8,10-13H2,(H2,21,24). The SMILES string of the molecule is NC(=O)CCc1cccc(N2CC3CN(C(=O)C4CCC4)CC3C2)c1. The molecule has 2 atom stereocenters. The first-order valence-electron chi connectivity index (χ1n) is 9.51. The number of primary amides is 1. The lowest BCUT2D eigenvalue weighted by Crippen LogP contribution is -2.39. The van der Waals surface area contributed by atoms with Gasteiger partial charge in [-0.2, -0.15) is 0 Å². The van der Waals surface area contributed by atoms with Crippen LogP contribution in [0, 0.1) is 17.8 Å². The Morgan fingerprint density at radius 2 is 1.80 bits per heavy atom. The maximum atomic E-state index is 12.5. The van der Waals surface area contributed by atoms with E-state index < -0.39 is 0 Å². The third kappa shape index (κ3) is 3.37. The fraction of sp³-hybridized carbons (Fsp3) is 0.600. The molecule has 1 aromatic carbocycles. The van der Waals surface area contributed by atoms with E-state index in [2.05, 4.69) is 34.1 Å². The highest BCUT2D eigenvalue weighted by Crippen LogP contribution is 2.37. The van der Waals surface area contributed by atoms with Gasteiger partial charge in [0, 0.05) is 56.0 Å². The third-order valence-electron chi connectivity index (χ3n) is 6.19. The number of fused-ring (bicyclic) bond motifs is 1. The number of likely N-dealkylation sites (tertiary alicyclic amines) is 1. The van der Waals surface area contributed by atoms with Crippen molar-refractivity contribution in [2.24, 2.45) is 23.5 Å². The molecule has 2 N–H and O–H groups in total. The maximum Gasteiger partial charge on any atom is 0.225 e. The fourth-order valence-corrected chi connectivity index (χ4v) is 4.47. The van der Waals surface area contributed by atoms with Crippen LogP contribution in [0.2, 0.25) is 0 Å². The van der Waals surface area contributed by atoms with Crippen LogP contribution in [0.5, 0.6) is 0 Å². The maximum absolute atomic E-state index is 12.5. The van der Waals surface area contributed by atoms with Crippen LogP contribution in [0.4, 0.5) is 5.69 Å². The molecule has 3 fully saturated rings. The minimum Gasteiger partial charge on any atom is -0.371 e. The molecule has 1 aromatic rings. The topological polar surface area (TPSA) is 66.6 Å². The Morgan fingerprint density at radius 1 is 1.08 bits per heavy atom. The molecule has 1 aliphatic carbocycles. The Hall–Kier alpha value is -2.04. The van der Waals surface area contributed by atoms with Crippen molar-refractivity contribution < 1.29 is 9.59 Å². The van der Waals surface area contributed by atoms with E-state index in [0.717, 1.165) is 44.6 Å². The first-order valence-corrected chi connectivity index (χ1v) is 9.51. The summed E-state index contributed by atoms with van der Waals surface area (Å²) in [5, 5.41) is 0. The van der Waals surface area contributed by atoms with Crippen molar-refractivity contribution in [2.75, 3.05) is 31.1 Å². The molecule has 5 nitrogen and oxygen atoms in total. The number of hydrogen-bond acceptors (Lipinski definition) is 3. The molecular formula is C20H27N3O2. The lowest BCUT2D eigenvalue weighted by molar-refractivity contribution is -0.137. The van der Waals surface area contributed by atoms with Crippen molar-refractivity contribution >= 4 is 17.5 Å². The van der Waals surface area contributed by atoms with Crippen LogP contribution in [0.15, 0.2) is 24.3 Å². The zero-order valence-electron chi connectivity index (χ0n) is 14.7. The van der Waals surface area contributed by atoms with Crippen LogP contribution < -0.4 is 10.6 Å². The molecule has 2 aliphatic heterocycles. The predicted molar refractivity (Wildman–Crippen MR) is 97.1 cm³/mol. The molecule has 0 spiro atoms. The zero-order chi connectivity index (χ0) is 17.4. The molecule has 2 unspecified atom stereocenters. The highest BCUT2D eigenvalue weighted by Gasteiger charge is 2.43. The molecule has 25 heavy (non-hydrogen) atoms. The number of aryl methyl sites for hydroxylation is 1. The minimum atomic E-state index is -0.252. The summed E-state index contributed by atoms with van der Waals surface area (Å²) < 4.78 is 0. The van der Waals surface area contributed by atoms with Gasteiger partial charge in [-0.1, -0.05) is 18.6 Å². The van der Waals surface area contributed by atoms with E-state index in [1.807, 2.05) is 0 Å². The van der Waals surface area contributed by atoms with Crippen molar-refractivity contribution in [2.45, 2.75) is 32.1 Å². The number of carbonyl (C=O) groups is 2. The number of benzene rings is 1. The van der Waals surface area contributed by atoms with Crippen LogP contribution in [0.1, 0.15) is 31.2 Å². The summed E-state index contributed by atoms with van der Waals surface area (Å²) in [6.45, 7) is 3.91. The summed E-state index contributed by atoms with van der Waals surface area (Å²) in [4.78, 5) is 28.0. The summed E-state index contributed by atoms with van der Waals surface area (Å²) in [6, 6.07) is 8.45. The third-order valence-corrected chi connectivity index (χ3v) is 6.19. The van der Waals surface area contributed by atoms with E-state index in [1.54, 1.807) is 0 Å². The van der Waals surface area contributed by atoms with Crippen LogP contribution >= 0.6 is 0 Å². The number of anilines is 1. The van der Waals surface area contributed by atoms with Gasteiger partial charge in [-0.25, -0.2) is 0 Å². The first-order chi connectivity index (χ1) is 12.1. The predicted octanol–water partition coefficient (Wildman–Crippen LogP) is 1.80. The zero-order valence-corrected chi connectivity index (χ0v) is 14.7. The van der Waals surface area contributed by atoms with Crippen molar-refractivity contribution in [3.8, 4) is 0 Å². The Kier molecular flexibility index (Phi) is 4.40. The molecule has 0 radical (unpaired) electrons. The van der Waals surface area contributed by atoms with Crippen molar-refractivity contribution in [1.82, 2.24) is 4.90 Å². The quantitative estimate of drug-likeness (QED) is 0.888. The van der Waals surface area contributed by atoms with E-state index >= 15 is 0 Å². The second-order valence-electron chi connectivity index (χ2n) is 7.93. The summed E-state index contributed by atoms with van der Waals surface area (Å²) in [7, 11) is 0. The molecule has 3 aliphatic rings. The van der Waals surface area contributed by atoms with Gasteiger partial charge < -0.3 is 15.5 Å². The summed E-state index contributed by atoms with van der Waals surface area (Å²) in [5.74, 6) is 1.66. The van der Waals surface area contributed by atoms with E-state index in [-0.39, 0.29) is 5.91 Å². The van der Waals surface area contributed by atoms with Gasteiger partial charge >= 0.3 is 0 Å². The Bertz CT molecular complexity index is 657. The molecule has 2 heterocycles. The molecule has 2 saturated heterocycles. The highest BCUT2D eigenvalue weighted by molar-refractivity contribution is 5.80. The first kappa shape index (κ1) is 16.4. The Balaban J connectivity index is 1.35. The smallest absolute Gasteiger partial charge is 0.225 e. The average molecular weight is 341 g/mol. The minimum absolute atomic E-state index is 0.252. The van der Waals surface area contributed by atoms with E-state index in [1.165, 1.54) is 12.1 Å². The monoisotopic (exact) mass is 341 g/mol. The molecule has 5 heteroatoms. The average Bonchev–Trinajstić information content (AvgIpc) is 3.10. The van der Waals surface area contributed by atoms with Crippen LogP contribution in [0.25, 0.3) is 0 Å². The van der Waals surface area contributed by atoms with Crippen molar-refractivity contribution in [3.63, 3.8) is 0 Å². The van der Waals surface area contributed by atoms with Crippen LogP contribution in [0.3, 0.4) is 0 Å². The van der Waals surface area contributed by atoms with Crippen molar-refractivity contribution in [1.29, 1.82) is 0 Å². The van der Waals surface area contributed by atoms with Gasteiger partial charge in [0.15, 0.2) is 0 Å². The lowest BCUT2D eigenvalue weighted by Gasteiger charge is -2.30. The molecule has 0 bridgehead atoms. The lowest BCUT2D eigenvalue weighted by atomic mass is 9.84. The van der Waals surface area contributed by atoms with Gasteiger partial charge in [0.2, 0.25) is 11.8 Å². The molecule has 2 amide bonds. The number of nitrogens with two attached hydrogens (primary N) is 1. The molecular weight excluding hydrogens is 314 g/mol. The second kappa shape index (κ2) is 6.70. The molecule has 0 aromatic heterocycles. The van der Waals surface area contributed by atoms with Crippen molar-refractivity contribution in [3.05, 3.63) is 29.8 Å². The van der Waals surface area contributed by atoms with Crippen LogP contribution in [-0.2, 0) is 16.0 Å². The number of carbonyl (C=O) groups excluding carboxylic acids is 2. The number of nitrogens with zero attached hydrogens (tertiary/aromatic N) is 2. The molecule has 134 valence electrons. The summed E-state index contributed by atoms with van der Waals surface area (Å²) >= 11 is 0. The van der Waals surface area contributed by atoms with Gasteiger partial charge in [0.05, 0.1) is 0 Å². The summed E-state index contributed by atoms with van der Waals surface area (Å²) in [6.07, 6.45) is 4.50. The van der Waals surface area contributed by atoms with E-state index in [9.17, 15) is 9.59 Å². The van der Waals surface area contributed by atoms with E-state index in [0.29, 0.717) is 36.5 Å². The highest BCUT2D eigenvalue weighted by atomic mass is 16.2. The normalized spacial score (nSPS) is 25.8. The number of amides is 2. The van der Waals surface area contributed by atoms with Gasteiger partial charge in [0.1, 0.15) is 0 Å². The number of hydrogen-bond donors (Lipinski definition) is 1. The van der Waals surface area contributed by atoms with Gasteiger partial charge in [0.25, 0.3) is 0 Å². The Morgan fingerprint density at radius 3 is 2.40 bits per heavy atom. The Labute approximate surface area is 149 Å². The van der Waals surface area contributed by atoms with Gasteiger partial charge in [-0.05, 0) is 37.0 Å². The second-order valence-corrected chi connectivity index (χ2v) is 7.93. The summed E-state index contributed by atoms with van der Waals surface area (Å²) in [5.41, 5.74) is 7.65. The molecule has 1 saturated carbocycles. The largest absolute Gasteiger partial charge is 0.371 e. The van der Waals surface area contributed by atoms with E-state index in [4.69, 9.17) is 5.73 Å². The fourth-order valence-electron chi connectivity index (χ4n) is 4.47.